The minimum atomic E-state index is 0. The third-order valence-electron chi connectivity index (χ3n) is 2.00. The quantitative estimate of drug-likeness (QED) is 0.586. The van der Waals surface area contributed by atoms with Gasteiger partial charge in [0.2, 0.25) is 0 Å². The SMILES string of the molecule is [C]1[C]CC[C][C]CC1.[C]1[C]CC[C][C]CC1.[Ni]. The fourth-order valence-corrected chi connectivity index (χ4v) is 1.21. The van der Waals surface area contributed by atoms with Crippen LogP contribution in [0.5, 0.6) is 0 Å². The first-order valence-corrected chi connectivity index (χ1v) is 5.83. The normalized spacial score (nSPS) is 22.6. The summed E-state index contributed by atoms with van der Waals surface area (Å²) in [5.41, 5.74) is 0. The fourth-order valence-electron chi connectivity index (χ4n) is 1.21. The predicted octanol–water partition coefficient (Wildman–Crippen LogP) is 3.77. The van der Waals surface area contributed by atoms with Crippen LogP contribution in [-0.2, 0) is 16.5 Å². The summed E-state index contributed by atoms with van der Waals surface area (Å²) in [6, 6.07) is 0. The van der Waals surface area contributed by atoms with E-state index in [4.69, 9.17) is 0 Å². The Hall–Kier alpha value is 0.494. The number of rotatable bonds is 0. The van der Waals surface area contributed by atoms with Gasteiger partial charge >= 0.3 is 0 Å². The maximum Gasteiger partial charge on any atom is 0 e. The zero-order valence-electron chi connectivity index (χ0n) is 9.97. The molecule has 0 atom stereocenters. The average Bonchev–Trinajstić information content (AvgIpc) is 2.15. The van der Waals surface area contributed by atoms with Crippen molar-refractivity contribution in [3.8, 4) is 0 Å². The van der Waals surface area contributed by atoms with Crippen molar-refractivity contribution in [1.82, 2.24) is 0 Å². The Balaban J connectivity index is 0.000000284. The maximum absolute atomic E-state index is 3.03. The molecular formula is C16H16Ni. The van der Waals surface area contributed by atoms with Crippen LogP contribution in [0.2, 0.25) is 0 Å². The van der Waals surface area contributed by atoms with Gasteiger partial charge in [-0.2, -0.15) is 0 Å². The van der Waals surface area contributed by atoms with Crippen molar-refractivity contribution in [2.45, 2.75) is 51.4 Å². The monoisotopic (exact) mass is 266 g/mol. The zero-order chi connectivity index (χ0) is 11.3. The van der Waals surface area contributed by atoms with E-state index in [0.717, 1.165) is 51.4 Å². The molecule has 1 heteroatoms. The first-order valence-electron chi connectivity index (χ1n) is 5.83. The van der Waals surface area contributed by atoms with Crippen LogP contribution in [0.1, 0.15) is 51.4 Å². The van der Waals surface area contributed by atoms with Crippen molar-refractivity contribution in [3.05, 3.63) is 51.4 Å². The van der Waals surface area contributed by atoms with Gasteiger partial charge in [0, 0.05) is 16.5 Å². The minimum Gasteiger partial charge on any atom is -0.0453 e. The second-order valence-corrected chi connectivity index (χ2v) is 3.41. The summed E-state index contributed by atoms with van der Waals surface area (Å²) in [6.07, 6.45) is 32.0. The molecule has 0 aliphatic heterocycles. The van der Waals surface area contributed by atoms with E-state index in [1.807, 2.05) is 0 Å². The predicted molar refractivity (Wildman–Crippen MR) is 62.9 cm³/mol. The third-order valence-corrected chi connectivity index (χ3v) is 2.00. The Kier molecular flexibility index (Phi) is 15.0. The van der Waals surface area contributed by atoms with Crippen LogP contribution in [0.15, 0.2) is 0 Å². The first-order chi connectivity index (χ1) is 8.00. The summed E-state index contributed by atoms with van der Waals surface area (Å²) in [5.74, 6) is 0. The molecule has 0 nitrogen and oxygen atoms in total. The molecule has 0 aromatic carbocycles. The molecule has 0 spiro atoms. The van der Waals surface area contributed by atoms with E-state index in [2.05, 4.69) is 51.4 Å². The van der Waals surface area contributed by atoms with Crippen molar-refractivity contribution < 1.29 is 16.5 Å². The molecule has 2 aliphatic rings. The van der Waals surface area contributed by atoms with E-state index in [9.17, 15) is 0 Å². The van der Waals surface area contributed by atoms with Crippen LogP contribution in [0, 0.1) is 51.4 Å². The van der Waals surface area contributed by atoms with E-state index in [1.54, 1.807) is 0 Å². The fraction of sp³-hybridized carbons (Fsp3) is 0.500. The first kappa shape index (κ1) is 17.5. The van der Waals surface area contributed by atoms with Gasteiger partial charge < -0.3 is 0 Å². The summed E-state index contributed by atoms with van der Waals surface area (Å²) < 4.78 is 0. The van der Waals surface area contributed by atoms with E-state index in [-0.39, 0.29) is 16.5 Å². The summed E-state index contributed by atoms with van der Waals surface area (Å²) in [5, 5.41) is 0. The molecule has 2 saturated carbocycles. The van der Waals surface area contributed by atoms with Gasteiger partial charge in [-0.25, -0.2) is 0 Å². The van der Waals surface area contributed by atoms with E-state index in [0.29, 0.717) is 0 Å². The molecule has 0 heterocycles. The Morgan fingerprint density at radius 2 is 0.412 bits per heavy atom. The molecule has 0 N–H and O–H groups in total. The molecular weight excluding hydrogens is 251 g/mol. The molecule has 16 radical (unpaired) electrons. The molecule has 0 aromatic heterocycles. The maximum atomic E-state index is 3.03. The molecule has 0 bridgehead atoms. The van der Waals surface area contributed by atoms with Crippen molar-refractivity contribution in [2.24, 2.45) is 0 Å². The second kappa shape index (κ2) is 14.6. The average molecular weight is 267 g/mol. The van der Waals surface area contributed by atoms with Gasteiger partial charge in [0.15, 0.2) is 0 Å². The Morgan fingerprint density at radius 1 is 0.294 bits per heavy atom. The van der Waals surface area contributed by atoms with Crippen molar-refractivity contribution >= 4 is 0 Å². The van der Waals surface area contributed by atoms with Crippen LogP contribution in [0.4, 0.5) is 0 Å². The van der Waals surface area contributed by atoms with Gasteiger partial charge in [-0.1, -0.05) is 0 Å². The van der Waals surface area contributed by atoms with Crippen molar-refractivity contribution in [2.75, 3.05) is 0 Å². The molecule has 0 saturated heterocycles. The second-order valence-electron chi connectivity index (χ2n) is 3.41. The van der Waals surface area contributed by atoms with Gasteiger partial charge in [0.25, 0.3) is 0 Å². The molecule has 0 unspecified atom stereocenters. The van der Waals surface area contributed by atoms with Crippen LogP contribution in [0.3, 0.4) is 0 Å². The van der Waals surface area contributed by atoms with Crippen LogP contribution < -0.4 is 0 Å². The summed E-state index contributed by atoms with van der Waals surface area (Å²) in [6.45, 7) is 0. The van der Waals surface area contributed by atoms with Gasteiger partial charge in [0.1, 0.15) is 0 Å². The van der Waals surface area contributed by atoms with Crippen LogP contribution in [0.25, 0.3) is 0 Å². The smallest absolute Gasteiger partial charge is 0 e. The van der Waals surface area contributed by atoms with E-state index in [1.165, 1.54) is 0 Å². The molecule has 2 rings (SSSR count). The Labute approximate surface area is 119 Å². The Morgan fingerprint density at radius 3 is 0.529 bits per heavy atom. The largest absolute Gasteiger partial charge is 0.0453 e. The summed E-state index contributed by atoms with van der Waals surface area (Å²) in [7, 11) is 0. The van der Waals surface area contributed by atoms with Crippen LogP contribution >= 0.6 is 0 Å². The minimum absolute atomic E-state index is 0. The van der Waals surface area contributed by atoms with Gasteiger partial charge in [-0.05, 0) is 103 Å². The molecule has 0 amide bonds. The molecule has 0 aromatic rings. The zero-order valence-corrected chi connectivity index (χ0v) is 11.0. The van der Waals surface area contributed by atoms with E-state index < -0.39 is 0 Å². The molecule has 17 heavy (non-hydrogen) atoms. The third kappa shape index (κ3) is 12.7. The molecule has 2 fully saturated rings. The summed E-state index contributed by atoms with van der Waals surface area (Å²) >= 11 is 0. The number of hydrogen-bond donors (Lipinski definition) is 0. The molecule has 2 aliphatic carbocycles. The topological polar surface area (TPSA) is 0 Å². The Bertz CT molecular complexity index is 69.5. The summed E-state index contributed by atoms with van der Waals surface area (Å²) in [4.78, 5) is 0. The van der Waals surface area contributed by atoms with Gasteiger partial charge in [-0.15, -0.1) is 0 Å². The van der Waals surface area contributed by atoms with Crippen LogP contribution in [-0.4, -0.2) is 0 Å². The molecule has 90 valence electrons. The number of hydrogen-bond acceptors (Lipinski definition) is 0. The van der Waals surface area contributed by atoms with Crippen molar-refractivity contribution in [1.29, 1.82) is 0 Å². The van der Waals surface area contributed by atoms with Gasteiger partial charge in [0.05, 0.1) is 0 Å². The van der Waals surface area contributed by atoms with Gasteiger partial charge in [-0.3, -0.25) is 0 Å². The van der Waals surface area contributed by atoms with Crippen molar-refractivity contribution in [3.63, 3.8) is 0 Å². The standard InChI is InChI=1S/2C8H8.Ni/c2*1-2-4-6-8-7-5-3-1;/h2*1-2,7-8H2;. The van der Waals surface area contributed by atoms with E-state index >= 15 is 0 Å².